The second-order valence-electron chi connectivity index (χ2n) is 4.17. The molecule has 0 aliphatic carbocycles. The number of nitrogens with zero attached hydrogens (tertiary/aromatic N) is 1. The van der Waals surface area contributed by atoms with Crippen molar-refractivity contribution < 1.29 is 9.59 Å². The maximum absolute atomic E-state index is 11.9. The van der Waals surface area contributed by atoms with Gasteiger partial charge in [0.1, 0.15) is 0 Å². The van der Waals surface area contributed by atoms with Gasteiger partial charge in [0.15, 0.2) is 0 Å². The molecule has 98 valence electrons. The Morgan fingerprint density at radius 3 is 2.88 bits per heavy atom. The minimum atomic E-state index is -0.0315. The van der Waals surface area contributed by atoms with Crippen molar-refractivity contribution in [2.75, 3.05) is 38.7 Å². The number of carbonyl (C=O) groups excluding carboxylic acids is 2. The molecular formula is C11H21N3O2S. The van der Waals surface area contributed by atoms with E-state index in [0.29, 0.717) is 19.4 Å². The smallest absolute Gasteiger partial charge is 0.223 e. The molecule has 6 heteroatoms. The topological polar surface area (TPSA) is 61.4 Å². The average molecular weight is 259 g/mol. The van der Waals surface area contributed by atoms with Gasteiger partial charge in [0.25, 0.3) is 0 Å². The summed E-state index contributed by atoms with van der Waals surface area (Å²) in [6, 6.07) is 0.281. The summed E-state index contributed by atoms with van der Waals surface area (Å²) in [6.45, 7) is 1.46. The van der Waals surface area contributed by atoms with Crippen molar-refractivity contribution >= 4 is 23.6 Å². The molecule has 17 heavy (non-hydrogen) atoms. The summed E-state index contributed by atoms with van der Waals surface area (Å²) in [5.74, 6) is 2.19. The fourth-order valence-electron chi connectivity index (χ4n) is 1.64. The monoisotopic (exact) mass is 259 g/mol. The highest BCUT2D eigenvalue weighted by Crippen LogP contribution is 2.11. The Labute approximate surface area is 107 Å². The number of nitrogens with one attached hydrogen (secondary N) is 2. The van der Waals surface area contributed by atoms with Crippen LogP contribution in [0.15, 0.2) is 0 Å². The van der Waals surface area contributed by atoms with Crippen molar-refractivity contribution in [2.24, 2.45) is 0 Å². The van der Waals surface area contributed by atoms with Crippen molar-refractivity contribution in [1.82, 2.24) is 15.5 Å². The summed E-state index contributed by atoms with van der Waals surface area (Å²) in [5, 5.41) is 5.88. The predicted octanol–water partition coefficient (Wildman–Crippen LogP) is -0.324. The first-order valence-electron chi connectivity index (χ1n) is 5.89. The van der Waals surface area contributed by atoms with Gasteiger partial charge >= 0.3 is 0 Å². The lowest BCUT2D eigenvalue weighted by atomic mass is 10.2. The van der Waals surface area contributed by atoms with Crippen molar-refractivity contribution in [3.63, 3.8) is 0 Å². The summed E-state index contributed by atoms with van der Waals surface area (Å²) in [4.78, 5) is 24.6. The highest BCUT2D eigenvalue weighted by Gasteiger charge is 2.19. The Morgan fingerprint density at radius 1 is 1.53 bits per heavy atom. The van der Waals surface area contributed by atoms with Crippen LogP contribution in [0.5, 0.6) is 0 Å². The van der Waals surface area contributed by atoms with Gasteiger partial charge in [-0.15, -0.1) is 0 Å². The summed E-state index contributed by atoms with van der Waals surface area (Å²) >= 11 is 1.88. The number of thioether (sulfide) groups is 1. The summed E-state index contributed by atoms with van der Waals surface area (Å²) in [7, 11) is 3.36. The summed E-state index contributed by atoms with van der Waals surface area (Å²) in [6.07, 6.45) is 0.892. The minimum Gasteiger partial charge on any atom is -0.359 e. The highest BCUT2D eigenvalue weighted by molar-refractivity contribution is 7.99. The Hall–Kier alpha value is -0.750. The second-order valence-corrected chi connectivity index (χ2v) is 5.32. The predicted molar refractivity (Wildman–Crippen MR) is 70.1 cm³/mol. The van der Waals surface area contributed by atoms with Crippen LogP contribution in [-0.4, -0.2) is 61.4 Å². The first-order valence-corrected chi connectivity index (χ1v) is 7.04. The third kappa shape index (κ3) is 5.41. The van der Waals surface area contributed by atoms with E-state index in [1.54, 1.807) is 19.0 Å². The lowest BCUT2D eigenvalue weighted by molar-refractivity contribution is -0.130. The average Bonchev–Trinajstić information content (AvgIpc) is 2.36. The zero-order valence-electron chi connectivity index (χ0n) is 10.5. The molecule has 1 heterocycles. The molecule has 0 radical (unpaired) electrons. The molecule has 2 N–H and O–H groups in total. The third-order valence-electron chi connectivity index (χ3n) is 2.80. The van der Waals surface area contributed by atoms with Crippen LogP contribution in [0.3, 0.4) is 0 Å². The number of hydrogen-bond donors (Lipinski definition) is 2. The summed E-state index contributed by atoms with van der Waals surface area (Å²) < 4.78 is 0. The van der Waals surface area contributed by atoms with E-state index in [1.807, 2.05) is 11.8 Å². The molecule has 0 saturated carbocycles. The quantitative estimate of drug-likeness (QED) is 0.710. The Balaban J connectivity index is 2.23. The van der Waals surface area contributed by atoms with Crippen LogP contribution < -0.4 is 10.6 Å². The molecule has 0 aromatic rings. The lowest BCUT2D eigenvalue weighted by Crippen LogP contribution is -2.42. The zero-order valence-corrected chi connectivity index (χ0v) is 11.3. The Bertz CT molecular complexity index is 267. The lowest BCUT2D eigenvalue weighted by Gasteiger charge is -2.25. The fourth-order valence-corrected chi connectivity index (χ4v) is 2.59. The van der Waals surface area contributed by atoms with Gasteiger partial charge in [-0.05, 0) is 0 Å². The number of amides is 2. The van der Waals surface area contributed by atoms with Gasteiger partial charge in [0.2, 0.25) is 11.8 Å². The first kappa shape index (κ1) is 14.3. The van der Waals surface area contributed by atoms with E-state index >= 15 is 0 Å². The van der Waals surface area contributed by atoms with Gasteiger partial charge in [0, 0.05) is 57.6 Å². The molecule has 1 atom stereocenters. The van der Waals surface area contributed by atoms with E-state index in [1.165, 1.54) is 0 Å². The molecule has 5 nitrogen and oxygen atoms in total. The van der Waals surface area contributed by atoms with E-state index < -0.39 is 0 Å². The molecule has 1 unspecified atom stereocenters. The Kier molecular flexibility index (Phi) is 6.36. The molecule has 1 aliphatic rings. The van der Waals surface area contributed by atoms with Crippen LogP contribution in [0, 0.1) is 0 Å². The van der Waals surface area contributed by atoms with E-state index in [-0.39, 0.29) is 17.9 Å². The molecule has 2 amide bonds. The minimum absolute atomic E-state index is 0.0315. The molecule has 0 bridgehead atoms. The van der Waals surface area contributed by atoms with Crippen LogP contribution in [-0.2, 0) is 9.59 Å². The summed E-state index contributed by atoms with van der Waals surface area (Å²) in [5.41, 5.74) is 0. The maximum Gasteiger partial charge on any atom is 0.223 e. The van der Waals surface area contributed by atoms with Gasteiger partial charge in [-0.2, -0.15) is 11.8 Å². The van der Waals surface area contributed by atoms with Crippen molar-refractivity contribution in [3.05, 3.63) is 0 Å². The molecule has 0 spiro atoms. The molecular weight excluding hydrogens is 238 g/mol. The van der Waals surface area contributed by atoms with Crippen LogP contribution in [0.2, 0.25) is 0 Å². The van der Waals surface area contributed by atoms with Gasteiger partial charge in [0.05, 0.1) is 0 Å². The van der Waals surface area contributed by atoms with Crippen LogP contribution in [0.25, 0.3) is 0 Å². The van der Waals surface area contributed by atoms with Crippen LogP contribution in [0.1, 0.15) is 12.8 Å². The molecule has 0 aromatic heterocycles. The van der Waals surface area contributed by atoms with Gasteiger partial charge < -0.3 is 15.5 Å². The molecule has 0 aromatic carbocycles. The van der Waals surface area contributed by atoms with E-state index in [9.17, 15) is 9.59 Å². The van der Waals surface area contributed by atoms with Gasteiger partial charge in [-0.25, -0.2) is 0 Å². The first-order chi connectivity index (χ1) is 8.13. The largest absolute Gasteiger partial charge is 0.359 e. The number of carbonyl (C=O) groups is 2. The van der Waals surface area contributed by atoms with Gasteiger partial charge in [-0.3, -0.25) is 9.59 Å². The maximum atomic E-state index is 11.9. The molecule has 1 aliphatic heterocycles. The highest BCUT2D eigenvalue weighted by atomic mass is 32.2. The molecule has 1 rings (SSSR count). The van der Waals surface area contributed by atoms with E-state index in [2.05, 4.69) is 10.6 Å². The third-order valence-corrected chi connectivity index (χ3v) is 3.93. The van der Waals surface area contributed by atoms with E-state index in [4.69, 9.17) is 0 Å². The van der Waals surface area contributed by atoms with Crippen LogP contribution >= 0.6 is 11.8 Å². The molecule has 1 saturated heterocycles. The normalized spacial score (nSPS) is 19.8. The number of hydrogen-bond acceptors (Lipinski definition) is 4. The van der Waals surface area contributed by atoms with Crippen molar-refractivity contribution in [2.45, 2.75) is 18.9 Å². The number of rotatable bonds is 5. The van der Waals surface area contributed by atoms with E-state index in [0.717, 1.165) is 18.1 Å². The standard InChI is InChI=1S/C11H21N3O2S/c1-12-10(15)3-5-14(2)11(16)7-9-8-17-6-4-13-9/h9,13H,3-8H2,1-2H3,(H,12,15). The fraction of sp³-hybridized carbons (Fsp3) is 0.818. The zero-order chi connectivity index (χ0) is 12.7. The van der Waals surface area contributed by atoms with Crippen molar-refractivity contribution in [1.29, 1.82) is 0 Å². The van der Waals surface area contributed by atoms with Crippen LogP contribution in [0.4, 0.5) is 0 Å². The van der Waals surface area contributed by atoms with Gasteiger partial charge in [-0.1, -0.05) is 0 Å². The molecule has 1 fully saturated rings. The SMILES string of the molecule is CNC(=O)CCN(C)C(=O)CC1CSCCN1. The Morgan fingerprint density at radius 2 is 2.29 bits per heavy atom. The second kappa shape index (κ2) is 7.55. The van der Waals surface area contributed by atoms with Crippen molar-refractivity contribution in [3.8, 4) is 0 Å².